The third-order valence-electron chi connectivity index (χ3n) is 3.32. The lowest BCUT2D eigenvalue weighted by molar-refractivity contribution is 0.0801. The first-order valence-electron chi connectivity index (χ1n) is 5.84. The van der Waals surface area contributed by atoms with Gasteiger partial charge in [0.2, 0.25) is 0 Å². The van der Waals surface area contributed by atoms with Gasteiger partial charge in [0.05, 0.1) is 7.11 Å². The smallest absolute Gasteiger partial charge is 0.406 e. The zero-order valence-corrected chi connectivity index (χ0v) is 10.8. The normalized spacial score (nSPS) is 33.2. The van der Waals surface area contributed by atoms with Crippen LogP contribution in [0.2, 0.25) is 0 Å². The molecule has 0 radical (unpaired) electrons. The second-order valence-electron chi connectivity index (χ2n) is 6.17. The molecule has 94 valence electrons. The molecule has 0 aromatic carbocycles. The van der Waals surface area contributed by atoms with Gasteiger partial charge in [-0.25, -0.2) is 4.79 Å². The van der Waals surface area contributed by atoms with Crippen molar-refractivity contribution in [3.63, 3.8) is 0 Å². The molecular weight excluding hydrogens is 204 g/mol. The van der Waals surface area contributed by atoms with E-state index in [1.54, 1.807) is 0 Å². The van der Waals surface area contributed by atoms with Gasteiger partial charge in [0.15, 0.2) is 0 Å². The highest BCUT2D eigenvalue weighted by atomic mass is 16.5. The van der Waals surface area contributed by atoms with E-state index in [0.717, 1.165) is 19.3 Å². The van der Waals surface area contributed by atoms with E-state index in [0.29, 0.717) is 6.54 Å². The van der Waals surface area contributed by atoms with Crippen LogP contribution in [0.25, 0.3) is 0 Å². The Morgan fingerprint density at radius 2 is 2.06 bits per heavy atom. The molecule has 1 amide bonds. The lowest BCUT2D eigenvalue weighted by Crippen LogP contribution is -2.47. The topological polar surface area (TPSA) is 64.3 Å². The molecular formula is C12H24N2O2. The fourth-order valence-corrected chi connectivity index (χ4v) is 3.21. The molecule has 2 atom stereocenters. The summed E-state index contributed by atoms with van der Waals surface area (Å²) in [6, 6.07) is 0.230. The molecule has 1 saturated carbocycles. The molecule has 0 spiro atoms. The number of hydrogen-bond donors (Lipinski definition) is 2. The Morgan fingerprint density at radius 3 is 2.56 bits per heavy atom. The summed E-state index contributed by atoms with van der Waals surface area (Å²) in [6.45, 7) is 7.30. The summed E-state index contributed by atoms with van der Waals surface area (Å²) in [6.07, 6.45) is 2.73. The van der Waals surface area contributed by atoms with E-state index in [1.165, 1.54) is 7.11 Å². The Balaban J connectivity index is 2.58. The Kier molecular flexibility index (Phi) is 3.84. The Labute approximate surface area is 97.9 Å². The molecule has 1 fully saturated rings. The third kappa shape index (κ3) is 3.67. The minimum absolute atomic E-state index is 0.0787. The largest absolute Gasteiger partial charge is 0.453 e. The van der Waals surface area contributed by atoms with Crippen molar-refractivity contribution < 1.29 is 9.53 Å². The van der Waals surface area contributed by atoms with Gasteiger partial charge in [-0.05, 0) is 30.1 Å². The number of alkyl carbamates (subject to hydrolysis) is 1. The summed E-state index contributed by atoms with van der Waals surface area (Å²) in [5.74, 6) is 0. The molecule has 4 heteroatoms. The van der Waals surface area contributed by atoms with E-state index < -0.39 is 0 Å². The van der Waals surface area contributed by atoms with Crippen LogP contribution in [-0.2, 0) is 4.74 Å². The van der Waals surface area contributed by atoms with E-state index >= 15 is 0 Å². The Bertz CT molecular complexity index is 266. The van der Waals surface area contributed by atoms with Crippen molar-refractivity contribution in [3.05, 3.63) is 0 Å². The van der Waals surface area contributed by atoms with E-state index in [1.807, 2.05) is 0 Å². The molecule has 0 aromatic heterocycles. The van der Waals surface area contributed by atoms with Crippen LogP contribution in [0.5, 0.6) is 0 Å². The van der Waals surface area contributed by atoms with Gasteiger partial charge in [-0.3, -0.25) is 0 Å². The molecule has 1 rings (SSSR count). The second kappa shape index (κ2) is 4.62. The first-order chi connectivity index (χ1) is 7.26. The molecule has 1 aliphatic rings. The summed E-state index contributed by atoms with van der Waals surface area (Å²) in [5, 5.41) is 2.78. The van der Waals surface area contributed by atoms with Gasteiger partial charge >= 0.3 is 6.09 Å². The quantitative estimate of drug-likeness (QED) is 0.758. The molecule has 0 aromatic rings. The van der Waals surface area contributed by atoms with Crippen LogP contribution in [0.4, 0.5) is 4.79 Å². The number of amides is 1. The fourth-order valence-electron chi connectivity index (χ4n) is 3.21. The summed E-state index contributed by atoms with van der Waals surface area (Å²) in [5.41, 5.74) is 6.41. The van der Waals surface area contributed by atoms with Crippen molar-refractivity contribution >= 4 is 6.09 Å². The van der Waals surface area contributed by atoms with Gasteiger partial charge < -0.3 is 15.8 Å². The minimum atomic E-state index is -0.363. The number of rotatable bonds is 2. The third-order valence-corrected chi connectivity index (χ3v) is 3.32. The summed E-state index contributed by atoms with van der Waals surface area (Å²) in [4.78, 5) is 11.1. The van der Waals surface area contributed by atoms with Crippen LogP contribution in [0.1, 0.15) is 40.0 Å². The molecule has 0 bridgehead atoms. The average Bonchev–Trinajstić information content (AvgIpc) is 2.10. The van der Waals surface area contributed by atoms with E-state index in [-0.39, 0.29) is 23.0 Å². The van der Waals surface area contributed by atoms with Crippen LogP contribution in [0, 0.1) is 10.8 Å². The zero-order chi connectivity index (χ0) is 12.4. The van der Waals surface area contributed by atoms with Crippen LogP contribution in [-0.4, -0.2) is 25.8 Å². The summed E-state index contributed by atoms with van der Waals surface area (Å²) < 4.78 is 4.58. The highest BCUT2D eigenvalue weighted by Gasteiger charge is 2.40. The van der Waals surface area contributed by atoms with Crippen molar-refractivity contribution in [2.45, 2.75) is 46.1 Å². The van der Waals surface area contributed by atoms with Crippen LogP contribution in [0.15, 0.2) is 0 Å². The number of nitrogens with one attached hydrogen (secondary N) is 1. The van der Waals surface area contributed by atoms with Gasteiger partial charge in [-0.2, -0.15) is 0 Å². The van der Waals surface area contributed by atoms with Crippen molar-refractivity contribution in [2.75, 3.05) is 13.7 Å². The monoisotopic (exact) mass is 228 g/mol. The van der Waals surface area contributed by atoms with Crippen LogP contribution < -0.4 is 11.1 Å². The van der Waals surface area contributed by atoms with Crippen molar-refractivity contribution in [2.24, 2.45) is 16.6 Å². The number of carbonyl (C=O) groups excluding carboxylic acids is 1. The highest BCUT2D eigenvalue weighted by molar-refractivity contribution is 5.66. The van der Waals surface area contributed by atoms with E-state index in [2.05, 4.69) is 30.8 Å². The first kappa shape index (κ1) is 13.3. The van der Waals surface area contributed by atoms with Gasteiger partial charge in [0.1, 0.15) is 0 Å². The molecule has 1 aliphatic carbocycles. The maximum atomic E-state index is 11.1. The number of ether oxygens (including phenoxy) is 1. The van der Waals surface area contributed by atoms with E-state index in [4.69, 9.17) is 5.73 Å². The van der Waals surface area contributed by atoms with Gasteiger partial charge in [0, 0.05) is 12.6 Å². The molecule has 16 heavy (non-hydrogen) atoms. The predicted octanol–water partition coefficient (Wildman–Crippen LogP) is 1.89. The molecule has 0 heterocycles. The maximum Gasteiger partial charge on any atom is 0.406 e. The van der Waals surface area contributed by atoms with Crippen molar-refractivity contribution in [1.29, 1.82) is 0 Å². The number of hydrogen-bond acceptors (Lipinski definition) is 3. The average molecular weight is 228 g/mol. The molecule has 4 nitrogen and oxygen atoms in total. The van der Waals surface area contributed by atoms with Gasteiger partial charge in [-0.1, -0.05) is 20.8 Å². The molecule has 0 aliphatic heterocycles. The first-order valence-corrected chi connectivity index (χ1v) is 5.84. The SMILES string of the molecule is COC(=O)NCC1(C)CC(N)CC(C)(C)C1. The Morgan fingerprint density at radius 1 is 1.44 bits per heavy atom. The van der Waals surface area contributed by atoms with Gasteiger partial charge in [-0.15, -0.1) is 0 Å². The fraction of sp³-hybridized carbons (Fsp3) is 0.917. The number of methoxy groups -OCH3 is 1. The van der Waals surface area contributed by atoms with Crippen molar-refractivity contribution in [3.8, 4) is 0 Å². The molecule has 0 saturated heterocycles. The van der Waals surface area contributed by atoms with E-state index in [9.17, 15) is 4.79 Å². The van der Waals surface area contributed by atoms with Crippen LogP contribution in [0.3, 0.4) is 0 Å². The lowest BCUT2D eigenvalue weighted by Gasteiger charge is -2.45. The Hall–Kier alpha value is -0.770. The molecule has 3 N–H and O–H groups in total. The standard InChI is InChI=1S/C12H24N2O2/c1-11(2)5-9(13)6-12(3,7-11)8-14-10(15)16-4/h9H,5-8,13H2,1-4H3,(H,14,15). The van der Waals surface area contributed by atoms with Crippen LogP contribution >= 0.6 is 0 Å². The second-order valence-corrected chi connectivity index (χ2v) is 6.17. The summed E-state index contributed by atoms with van der Waals surface area (Å²) in [7, 11) is 1.38. The predicted molar refractivity (Wildman–Crippen MR) is 64.1 cm³/mol. The van der Waals surface area contributed by atoms with Crippen molar-refractivity contribution in [1.82, 2.24) is 5.32 Å². The number of carbonyl (C=O) groups is 1. The zero-order valence-electron chi connectivity index (χ0n) is 10.8. The molecule has 2 unspecified atom stereocenters. The summed E-state index contributed by atoms with van der Waals surface area (Å²) >= 11 is 0. The lowest BCUT2D eigenvalue weighted by atomic mass is 9.63. The highest BCUT2D eigenvalue weighted by Crippen LogP contribution is 2.45. The number of nitrogens with two attached hydrogens (primary N) is 1. The maximum absolute atomic E-state index is 11.1. The van der Waals surface area contributed by atoms with Gasteiger partial charge in [0.25, 0.3) is 0 Å². The minimum Gasteiger partial charge on any atom is -0.453 e.